The van der Waals surface area contributed by atoms with E-state index in [9.17, 15) is 0 Å². The maximum absolute atomic E-state index is 6.27. The van der Waals surface area contributed by atoms with Gasteiger partial charge >= 0.3 is 0 Å². The minimum absolute atomic E-state index is 0.527. The van der Waals surface area contributed by atoms with Crippen molar-refractivity contribution in [1.29, 1.82) is 0 Å². The Balaban J connectivity index is 0.885. The lowest BCUT2D eigenvalue weighted by molar-refractivity contribution is 0.477. The molecule has 9 aromatic rings. The van der Waals surface area contributed by atoms with E-state index < -0.39 is 0 Å². The first-order chi connectivity index (χ1) is 25.7. The first-order valence-electron chi connectivity index (χ1n) is 17.0. The fourth-order valence-electron chi connectivity index (χ4n) is 7.07. The van der Waals surface area contributed by atoms with Gasteiger partial charge < -0.3 is 28.1 Å². The number of aromatic nitrogens is 2. The molecule has 2 aliphatic heterocycles. The van der Waals surface area contributed by atoms with Gasteiger partial charge in [0, 0.05) is 28.6 Å². The van der Waals surface area contributed by atoms with Crippen LogP contribution in [-0.4, -0.2) is 9.97 Å². The molecule has 8 heteroatoms. The number of ether oxygens (including phenoxy) is 2. The third-order valence-electron chi connectivity index (χ3n) is 9.51. The summed E-state index contributed by atoms with van der Waals surface area (Å²) in [5, 5.41) is 0. The molecule has 246 valence electrons. The average molecular weight is 675 g/mol. The second-order valence-electron chi connectivity index (χ2n) is 12.7. The molecule has 7 aromatic carbocycles. The van der Waals surface area contributed by atoms with E-state index in [4.69, 9.17) is 28.3 Å². The molecule has 0 radical (unpaired) electrons. The van der Waals surface area contributed by atoms with Gasteiger partial charge in [-0.15, -0.1) is 0 Å². The number of nitrogens with zero attached hydrogens (tertiary/aromatic N) is 4. The minimum atomic E-state index is 0.527. The molecule has 0 atom stereocenters. The largest absolute Gasteiger partial charge is 0.453 e. The Morgan fingerprint density at radius 2 is 0.712 bits per heavy atom. The Bertz CT molecular complexity index is 2490. The van der Waals surface area contributed by atoms with Crippen LogP contribution in [0.3, 0.4) is 0 Å². The summed E-state index contributed by atoms with van der Waals surface area (Å²) >= 11 is 0. The van der Waals surface area contributed by atoms with Crippen LogP contribution in [0.2, 0.25) is 0 Å². The first kappa shape index (κ1) is 28.5. The molecule has 0 saturated carbocycles. The topological polar surface area (TPSA) is 77.0 Å². The van der Waals surface area contributed by atoms with E-state index in [-0.39, 0.29) is 0 Å². The van der Waals surface area contributed by atoms with Gasteiger partial charge in [0.25, 0.3) is 0 Å². The van der Waals surface area contributed by atoms with Crippen LogP contribution in [0.15, 0.2) is 167 Å². The number of hydrogen-bond donors (Lipinski definition) is 0. The fourth-order valence-corrected chi connectivity index (χ4v) is 7.07. The molecule has 4 heterocycles. The molecule has 11 rings (SSSR count). The summed E-state index contributed by atoms with van der Waals surface area (Å²) in [7, 11) is 0. The van der Waals surface area contributed by atoms with Crippen molar-refractivity contribution < 1.29 is 18.3 Å². The molecule has 8 nitrogen and oxygen atoms in total. The molecule has 0 N–H and O–H groups in total. The van der Waals surface area contributed by atoms with Gasteiger partial charge in [0.15, 0.2) is 34.2 Å². The Kier molecular flexibility index (Phi) is 6.08. The van der Waals surface area contributed by atoms with Crippen LogP contribution in [0.1, 0.15) is 0 Å². The quantitative estimate of drug-likeness (QED) is 0.183. The summed E-state index contributed by atoms with van der Waals surface area (Å²) in [6.07, 6.45) is 0. The molecule has 52 heavy (non-hydrogen) atoms. The van der Waals surface area contributed by atoms with E-state index in [1.54, 1.807) is 0 Å². The lowest BCUT2D eigenvalue weighted by atomic mass is 10.1. The van der Waals surface area contributed by atoms with Gasteiger partial charge in [-0.1, -0.05) is 48.5 Å². The molecule has 0 saturated heterocycles. The van der Waals surface area contributed by atoms with Crippen molar-refractivity contribution in [3.8, 4) is 45.9 Å². The number of rotatable bonds is 4. The SMILES string of the molecule is c1ccc2c(c1)Oc1ccccc1N2c1ccc(-c2nc3cc4nc(-c5ccc(N6c7ccccc7Oc7ccccc76)cc5)oc4cc3o2)cc1. The van der Waals surface area contributed by atoms with Gasteiger partial charge in [-0.25, -0.2) is 9.97 Å². The summed E-state index contributed by atoms with van der Waals surface area (Å²) in [6.45, 7) is 0. The van der Waals surface area contributed by atoms with Gasteiger partial charge in [-0.2, -0.15) is 0 Å². The van der Waals surface area contributed by atoms with Gasteiger partial charge in [-0.3, -0.25) is 0 Å². The summed E-state index contributed by atoms with van der Waals surface area (Å²) < 4.78 is 24.9. The van der Waals surface area contributed by atoms with Crippen molar-refractivity contribution in [2.45, 2.75) is 0 Å². The predicted octanol–water partition coefficient (Wildman–Crippen LogP) is 12.5. The molecule has 0 bridgehead atoms. The zero-order valence-corrected chi connectivity index (χ0v) is 27.4. The Labute approximate surface area is 297 Å². The smallest absolute Gasteiger partial charge is 0.227 e. The lowest BCUT2D eigenvalue weighted by Crippen LogP contribution is -2.15. The Morgan fingerprint density at radius 3 is 1.08 bits per heavy atom. The van der Waals surface area contributed by atoms with E-state index in [2.05, 4.69) is 58.3 Å². The third kappa shape index (κ3) is 4.48. The van der Waals surface area contributed by atoms with Crippen molar-refractivity contribution in [2.75, 3.05) is 9.80 Å². The standard InChI is InChI=1S/C44H26N4O4/c1-5-13-37-33(9-1)47(34-10-2-6-14-38(34)49-37)29-21-17-27(18-22-29)43-45-31-25-32-42(26-41(31)51-43)52-44(46-32)28-19-23-30(24-20-28)48-35-11-3-7-15-39(35)50-40-16-8-4-12-36(40)48/h1-26H. The molecule has 0 amide bonds. The molecular formula is C44H26N4O4. The summed E-state index contributed by atoms with van der Waals surface area (Å²) in [5.41, 5.74) is 10.3. The average Bonchev–Trinajstić information content (AvgIpc) is 3.82. The zero-order valence-electron chi connectivity index (χ0n) is 27.4. The van der Waals surface area contributed by atoms with Crippen molar-refractivity contribution in [3.63, 3.8) is 0 Å². The fraction of sp³-hybridized carbons (Fsp3) is 0. The van der Waals surface area contributed by atoms with Gasteiger partial charge in [0.2, 0.25) is 11.8 Å². The second-order valence-corrected chi connectivity index (χ2v) is 12.7. The maximum Gasteiger partial charge on any atom is 0.227 e. The summed E-state index contributed by atoms with van der Waals surface area (Å²) in [4.78, 5) is 14.1. The van der Waals surface area contributed by atoms with E-state index in [1.165, 1.54) is 0 Å². The van der Waals surface area contributed by atoms with Crippen LogP contribution in [0.4, 0.5) is 34.1 Å². The number of fused-ring (bicyclic) bond motifs is 6. The Morgan fingerprint density at radius 1 is 0.365 bits per heavy atom. The number of para-hydroxylation sites is 8. The van der Waals surface area contributed by atoms with Crippen LogP contribution >= 0.6 is 0 Å². The lowest BCUT2D eigenvalue weighted by Gasteiger charge is -2.32. The first-order valence-corrected chi connectivity index (χ1v) is 17.0. The van der Waals surface area contributed by atoms with Crippen LogP contribution in [0, 0.1) is 0 Å². The van der Waals surface area contributed by atoms with Crippen LogP contribution < -0.4 is 19.3 Å². The number of anilines is 6. The van der Waals surface area contributed by atoms with E-state index in [1.807, 2.05) is 109 Å². The van der Waals surface area contributed by atoms with Crippen LogP contribution in [0.25, 0.3) is 45.1 Å². The highest BCUT2D eigenvalue weighted by Crippen LogP contribution is 2.51. The van der Waals surface area contributed by atoms with E-state index in [0.717, 1.165) is 68.2 Å². The van der Waals surface area contributed by atoms with Crippen LogP contribution in [-0.2, 0) is 0 Å². The van der Waals surface area contributed by atoms with Gasteiger partial charge in [-0.05, 0) is 103 Å². The molecule has 0 spiro atoms. The maximum atomic E-state index is 6.27. The molecular weight excluding hydrogens is 649 g/mol. The summed E-state index contributed by atoms with van der Waals surface area (Å²) in [6, 6.07) is 52.4. The minimum Gasteiger partial charge on any atom is -0.453 e. The molecule has 0 aliphatic carbocycles. The second kappa shape index (κ2) is 11.1. The van der Waals surface area contributed by atoms with E-state index >= 15 is 0 Å². The number of hydrogen-bond acceptors (Lipinski definition) is 8. The van der Waals surface area contributed by atoms with Crippen molar-refractivity contribution >= 4 is 56.3 Å². The van der Waals surface area contributed by atoms with Gasteiger partial charge in [0.1, 0.15) is 11.0 Å². The molecule has 0 fully saturated rings. The predicted molar refractivity (Wildman–Crippen MR) is 202 cm³/mol. The molecule has 2 aliphatic rings. The third-order valence-corrected chi connectivity index (χ3v) is 9.51. The highest BCUT2D eigenvalue weighted by Gasteiger charge is 2.27. The van der Waals surface area contributed by atoms with Gasteiger partial charge in [0.05, 0.1) is 22.7 Å². The normalized spacial score (nSPS) is 12.8. The zero-order chi connectivity index (χ0) is 34.2. The number of benzene rings is 7. The molecule has 2 aromatic heterocycles. The Hall–Kier alpha value is -7.32. The van der Waals surface area contributed by atoms with Crippen molar-refractivity contribution in [1.82, 2.24) is 9.97 Å². The van der Waals surface area contributed by atoms with Crippen LogP contribution in [0.5, 0.6) is 23.0 Å². The monoisotopic (exact) mass is 674 g/mol. The molecule has 0 unspecified atom stereocenters. The highest BCUT2D eigenvalue weighted by molar-refractivity contribution is 5.92. The van der Waals surface area contributed by atoms with Crippen molar-refractivity contribution in [2.24, 2.45) is 0 Å². The van der Waals surface area contributed by atoms with Crippen molar-refractivity contribution in [3.05, 3.63) is 158 Å². The highest BCUT2D eigenvalue weighted by atomic mass is 16.5. The summed E-state index contributed by atoms with van der Waals surface area (Å²) in [5.74, 6) is 4.30. The number of oxazole rings is 2. The van der Waals surface area contributed by atoms with E-state index in [0.29, 0.717) is 34.0 Å².